The first-order chi connectivity index (χ1) is 9.77. The van der Waals surface area contributed by atoms with Crippen LogP contribution in [-0.2, 0) is 11.2 Å². The van der Waals surface area contributed by atoms with Crippen molar-refractivity contribution in [2.24, 2.45) is 5.41 Å². The van der Waals surface area contributed by atoms with Crippen molar-refractivity contribution in [3.63, 3.8) is 0 Å². The maximum absolute atomic E-state index is 10.1. The van der Waals surface area contributed by atoms with Crippen LogP contribution in [0.2, 0.25) is 0 Å². The molecule has 1 aromatic rings. The van der Waals surface area contributed by atoms with Crippen LogP contribution in [0.3, 0.4) is 0 Å². The van der Waals surface area contributed by atoms with E-state index in [1.165, 1.54) is 0 Å². The molecule has 0 amide bonds. The van der Waals surface area contributed by atoms with E-state index in [1.807, 2.05) is 20.8 Å². The first-order valence-electron chi connectivity index (χ1n) is 7.63. The van der Waals surface area contributed by atoms with Gasteiger partial charge < -0.3 is 14.4 Å². The number of morpholine rings is 1. The Morgan fingerprint density at radius 1 is 1.38 bits per heavy atom. The normalized spacial score (nSPS) is 22.7. The average molecular weight is 297 g/mol. The highest BCUT2D eigenvalue weighted by Gasteiger charge is 2.29. The number of hydrogen-bond acceptors (Lipinski definition) is 6. The van der Waals surface area contributed by atoms with Crippen LogP contribution in [0, 0.1) is 5.41 Å². The minimum Gasteiger partial charge on any atom is -0.392 e. The third-order valence-corrected chi connectivity index (χ3v) is 3.97. The van der Waals surface area contributed by atoms with Gasteiger partial charge in [-0.25, -0.2) is 0 Å². The first-order valence-corrected chi connectivity index (χ1v) is 7.63. The number of hydrogen-bond donors (Lipinski definition) is 1. The third-order valence-electron chi connectivity index (χ3n) is 3.97. The summed E-state index contributed by atoms with van der Waals surface area (Å²) < 4.78 is 11.0. The second-order valence-corrected chi connectivity index (χ2v) is 7.08. The summed E-state index contributed by atoms with van der Waals surface area (Å²) in [5.41, 5.74) is -0.204. The Hall–Kier alpha value is -0.980. The lowest BCUT2D eigenvalue weighted by molar-refractivity contribution is -0.0450. The Balaban J connectivity index is 1.99. The zero-order valence-corrected chi connectivity index (χ0v) is 13.7. The smallest absolute Gasteiger partial charge is 0.229 e. The van der Waals surface area contributed by atoms with E-state index < -0.39 is 6.10 Å². The molecule has 0 bridgehead atoms. The van der Waals surface area contributed by atoms with E-state index in [-0.39, 0.29) is 11.5 Å². The van der Waals surface area contributed by atoms with Crippen molar-refractivity contribution < 1.29 is 14.4 Å². The van der Waals surface area contributed by atoms with Crippen molar-refractivity contribution in [1.82, 2.24) is 15.0 Å². The van der Waals surface area contributed by atoms with Crippen LogP contribution in [0.4, 0.5) is 0 Å². The number of rotatable bonds is 4. The molecule has 0 aromatic carbocycles. The molecule has 1 aliphatic heterocycles. The number of nitrogens with zero attached hydrogens (tertiary/aromatic N) is 3. The summed E-state index contributed by atoms with van der Waals surface area (Å²) in [5, 5.41) is 14.1. The van der Waals surface area contributed by atoms with Crippen molar-refractivity contribution in [3.05, 3.63) is 11.7 Å². The van der Waals surface area contributed by atoms with Crippen LogP contribution in [0.5, 0.6) is 0 Å². The summed E-state index contributed by atoms with van der Waals surface area (Å²) in [5.74, 6) is 1.05. The Labute approximate surface area is 126 Å². The van der Waals surface area contributed by atoms with Crippen LogP contribution in [-0.4, -0.2) is 52.0 Å². The van der Waals surface area contributed by atoms with Gasteiger partial charge in [0.2, 0.25) is 11.7 Å². The van der Waals surface area contributed by atoms with Gasteiger partial charge in [0.25, 0.3) is 0 Å². The Bertz CT molecular complexity index is 453. The predicted molar refractivity (Wildman–Crippen MR) is 78.9 cm³/mol. The van der Waals surface area contributed by atoms with E-state index in [0.717, 1.165) is 13.1 Å². The molecule has 1 N–H and O–H groups in total. The molecule has 0 spiro atoms. The summed E-state index contributed by atoms with van der Waals surface area (Å²) >= 11 is 0. The van der Waals surface area contributed by atoms with E-state index in [4.69, 9.17) is 9.26 Å². The minimum atomic E-state index is -0.509. The lowest BCUT2D eigenvalue weighted by atomic mass is 9.87. The highest BCUT2D eigenvalue weighted by atomic mass is 16.5. The van der Waals surface area contributed by atoms with Crippen molar-refractivity contribution in [2.45, 2.75) is 59.3 Å². The van der Waals surface area contributed by atoms with Crippen molar-refractivity contribution in [1.29, 1.82) is 0 Å². The Kier molecular flexibility index (Phi) is 5.01. The SMILES string of the molecule is CC(C)N1CCOC(c2noc(CC(O)C(C)(C)C)n2)C1. The number of aromatic nitrogens is 2. The molecule has 2 heterocycles. The molecule has 2 unspecified atom stereocenters. The molecule has 21 heavy (non-hydrogen) atoms. The third kappa shape index (κ3) is 4.25. The number of aliphatic hydroxyl groups is 1. The Morgan fingerprint density at radius 2 is 2.10 bits per heavy atom. The van der Waals surface area contributed by atoms with Gasteiger partial charge in [0.15, 0.2) is 0 Å². The van der Waals surface area contributed by atoms with Gasteiger partial charge in [-0.2, -0.15) is 4.98 Å². The molecular weight excluding hydrogens is 270 g/mol. The van der Waals surface area contributed by atoms with E-state index >= 15 is 0 Å². The fourth-order valence-electron chi connectivity index (χ4n) is 2.25. The second-order valence-electron chi connectivity index (χ2n) is 7.08. The fraction of sp³-hybridized carbons (Fsp3) is 0.867. The maximum atomic E-state index is 10.1. The van der Waals surface area contributed by atoms with E-state index in [0.29, 0.717) is 30.8 Å². The molecule has 1 aromatic heterocycles. The predicted octanol–water partition coefficient (Wildman–Crippen LogP) is 1.80. The first kappa shape index (κ1) is 16.4. The lowest BCUT2D eigenvalue weighted by Crippen LogP contribution is -2.42. The van der Waals surface area contributed by atoms with Gasteiger partial charge in [0.1, 0.15) is 6.10 Å². The molecule has 120 valence electrons. The number of ether oxygens (including phenoxy) is 1. The van der Waals surface area contributed by atoms with Gasteiger partial charge in [-0.3, -0.25) is 4.90 Å². The van der Waals surface area contributed by atoms with Gasteiger partial charge in [-0.05, 0) is 19.3 Å². The summed E-state index contributed by atoms with van der Waals surface area (Å²) in [4.78, 5) is 6.73. The zero-order valence-electron chi connectivity index (χ0n) is 13.7. The van der Waals surface area contributed by atoms with Crippen LogP contribution in [0.25, 0.3) is 0 Å². The van der Waals surface area contributed by atoms with Gasteiger partial charge in [-0.15, -0.1) is 0 Å². The highest BCUT2D eigenvalue weighted by molar-refractivity contribution is 4.96. The van der Waals surface area contributed by atoms with Crippen molar-refractivity contribution in [2.75, 3.05) is 19.7 Å². The minimum absolute atomic E-state index is 0.148. The average Bonchev–Trinajstić information content (AvgIpc) is 2.86. The second kappa shape index (κ2) is 6.42. The zero-order chi connectivity index (χ0) is 15.6. The van der Waals surface area contributed by atoms with Crippen LogP contribution in [0.15, 0.2) is 4.52 Å². The molecule has 1 fully saturated rings. The summed E-state index contributed by atoms with van der Waals surface area (Å²) in [6.45, 7) is 12.7. The largest absolute Gasteiger partial charge is 0.392 e. The van der Waals surface area contributed by atoms with Crippen molar-refractivity contribution in [3.8, 4) is 0 Å². The fourth-order valence-corrected chi connectivity index (χ4v) is 2.25. The van der Waals surface area contributed by atoms with Crippen LogP contribution < -0.4 is 0 Å². The van der Waals surface area contributed by atoms with Gasteiger partial charge in [0.05, 0.1) is 19.1 Å². The monoisotopic (exact) mass is 297 g/mol. The van der Waals surface area contributed by atoms with Crippen LogP contribution in [0.1, 0.15) is 52.4 Å². The molecule has 6 heteroatoms. The molecule has 2 rings (SSSR count). The number of aliphatic hydroxyl groups excluding tert-OH is 1. The summed E-state index contributed by atoms with van der Waals surface area (Å²) in [6, 6.07) is 0.477. The summed E-state index contributed by atoms with van der Waals surface area (Å²) in [7, 11) is 0. The van der Waals surface area contributed by atoms with Gasteiger partial charge >= 0.3 is 0 Å². The molecular formula is C15H27N3O3. The topological polar surface area (TPSA) is 71.6 Å². The van der Waals surface area contributed by atoms with Crippen LogP contribution >= 0.6 is 0 Å². The van der Waals surface area contributed by atoms with E-state index in [9.17, 15) is 5.11 Å². The van der Waals surface area contributed by atoms with E-state index in [2.05, 4.69) is 28.9 Å². The quantitative estimate of drug-likeness (QED) is 0.913. The standard InChI is InChI=1S/C15H27N3O3/c1-10(2)18-6-7-20-11(9-18)14-16-13(21-17-14)8-12(19)15(3,4)5/h10-12,19H,6-9H2,1-5H3. The lowest BCUT2D eigenvalue weighted by Gasteiger charge is -2.34. The molecule has 1 aliphatic rings. The molecule has 6 nitrogen and oxygen atoms in total. The Morgan fingerprint density at radius 3 is 2.71 bits per heavy atom. The van der Waals surface area contributed by atoms with Gasteiger partial charge in [0, 0.05) is 19.1 Å². The van der Waals surface area contributed by atoms with E-state index in [1.54, 1.807) is 0 Å². The van der Waals surface area contributed by atoms with Crippen molar-refractivity contribution >= 4 is 0 Å². The molecule has 2 atom stereocenters. The molecule has 1 saturated heterocycles. The highest BCUT2D eigenvalue weighted by Crippen LogP contribution is 2.24. The van der Waals surface area contributed by atoms with Gasteiger partial charge in [-0.1, -0.05) is 25.9 Å². The summed E-state index contributed by atoms with van der Waals surface area (Å²) in [6.07, 6.45) is -0.285. The molecule has 0 radical (unpaired) electrons. The maximum Gasteiger partial charge on any atom is 0.229 e. The molecule has 0 saturated carbocycles. The molecule has 0 aliphatic carbocycles.